The number of hydrogen-bond acceptors (Lipinski definition) is 4. The van der Waals surface area contributed by atoms with E-state index in [1.165, 1.54) is 38.5 Å². The van der Waals surface area contributed by atoms with Crippen molar-refractivity contribution in [1.29, 1.82) is 0 Å². The van der Waals surface area contributed by atoms with E-state index in [2.05, 4.69) is 16.9 Å². The van der Waals surface area contributed by atoms with Gasteiger partial charge in [-0.2, -0.15) is 4.98 Å². The number of oxazole rings is 1. The van der Waals surface area contributed by atoms with Gasteiger partial charge in [0.05, 0.1) is 5.69 Å². The Labute approximate surface area is 120 Å². The molecule has 1 aromatic rings. The molecule has 2 N–H and O–H groups in total. The molecule has 4 aliphatic carbocycles. The first-order valence-electron chi connectivity index (χ1n) is 8.00. The summed E-state index contributed by atoms with van der Waals surface area (Å²) in [6.45, 7) is 1.95. The Morgan fingerprint density at radius 1 is 1.25 bits per heavy atom. The fourth-order valence-electron chi connectivity index (χ4n) is 5.32. The van der Waals surface area contributed by atoms with E-state index in [1.54, 1.807) is 6.26 Å². The van der Waals surface area contributed by atoms with Gasteiger partial charge in [-0.15, -0.1) is 0 Å². The molecule has 4 heteroatoms. The monoisotopic (exact) mass is 275 g/mol. The van der Waals surface area contributed by atoms with Crippen LogP contribution in [-0.4, -0.2) is 17.6 Å². The van der Waals surface area contributed by atoms with E-state index in [0.29, 0.717) is 5.54 Å². The van der Waals surface area contributed by atoms with Gasteiger partial charge in [0.2, 0.25) is 0 Å². The number of hydrogen-bond donors (Lipinski definition) is 1. The SMILES string of the molecule is CC(N)c1coc(N(C)C23CC4CC(CC(C4)C2)C3)n1. The number of aromatic nitrogens is 1. The topological polar surface area (TPSA) is 55.3 Å². The fraction of sp³-hybridized carbons (Fsp3) is 0.812. The van der Waals surface area contributed by atoms with Gasteiger partial charge in [-0.3, -0.25) is 0 Å². The molecule has 4 aliphatic rings. The van der Waals surface area contributed by atoms with Gasteiger partial charge in [0.1, 0.15) is 6.26 Å². The molecule has 4 bridgehead atoms. The first-order chi connectivity index (χ1) is 9.56. The van der Waals surface area contributed by atoms with Crippen molar-refractivity contribution >= 4 is 6.01 Å². The van der Waals surface area contributed by atoms with E-state index in [4.69, 9.17) is 10.2 Å². The minimum Gasteiger partial charge on any atom is -0.432 e. The average Bonchev–Trinajstić information content (AvgIpc) is 2.85. The highest BCUT2D eigenvalue weighted by atomic mass is 16.4. The van der Waals surface area contributed by atoms with Gasteiger partial charge < -0.3 is 15.1 Å². The van der Waals surface area contributed by atoms with Crippen molar-refractivity contribution in [3.8, 4) is 0 Å². The minimum absolute atomic E-state index is 0.0581. The predicted molar refractivity (Wildman–Crippen MR) is 78.4 cm³/mol. The van der Waals surface area contributed by atoms with Crippen molar-refractivity contribution in [2.75, 3.05) is 11.9 Å². The molecule has 110 valence electrons. The Hall–Kier alpha value is -1.03. The average molecular weight is 275 g/mol. The van der Waals surface area contributed by atoms with Gasteiger partial charge in [-0.25, -0.2) is 0 Å². The molecule has 1 aromatic heterocycles. The van der Waals surface area contributed by atoms with Crippen molar-refractivity contribution in [3.63, 3.8) is 0 Å². The van der Waals surface area contributed by atoms with Crippen LogP contribution >= 0.6 is 0 Å². The second kappa shape index (κ2) is 4.23. The van der Waals surface area contributed by atoms with E-state index < -0.39 is 0 Å². The summed E-state index contributed by atoms with van der Waals surface area (Å²) in [5.74, 6) is 2.81. The van der Waals surface area contributed by atoms with Crippen LogP contribution in [-0.2, 0) is 0 Å². The molecule has 1 heterocycles. The lowest BCUT2D eigenvalue weighted by Gasteiger charge is -2.59. The van der Waals surface area contributed by atoms with Crippen LogP contribution < -0.4 is 10.6 Å². The maximum Gasteiger partial charge on any atom is 0.297 e. The summed E-state index contributed by atoms with van der Waals surface area (Å²) in [5, 5.41) is 0. The number of anilines is 1. The molecule has 5 rings (SSSR count). The zero-order chi connectivity index (χ0) is 13.9. The molecule has 20 heavy (non-hydrogen) atoms. The zero-order valence-corrected chi connectivity index (χ0v) is 12.5. The number of rotatable bonds is 3. The van der Waals surface area contributed by atoms with Gasteiger partial charge in [0.25, 0.3) is 6.01 Å². The normalized spacial score (nSPS) is 40.0. The van der Waals surface area contributed by atoms with Crippen molar-refractivity contribution in [2.24, 2.45) is 23.5 Å². The van der Waals surface area contributed by atoms with Gasteiger partial charge >= 0.3 is 0 Å². The maximum absolute atomic E-state index is 5.89. The van der Waals surface area contributed by atoms with Gasteiger partial charge in [0.15, 0.2) is 0 Å². The van der Waals surface area contributed by atoms with Crippen molar-refractivity contribution in [3.05, 3.63) is 12.0 Å². The molecule has 0 aromatic carbocycles. The summed E-state index contributed by atoms with van der Waals surface area (Å²) < 4.78 is 5.71. The van der Waals surface area contributed by atoms with Crippen LogP contribution in [0.15, 0.2) is 10.7 Å². The highest BCUT2D eigenvalue weighted by Gasteiger charge is 2.53. The van der Waals surface area contributed by atoms with Crippen LogP contribution in [0.3, 0.4) is 0 Å². The Morgan fingerprint density at radius 2 is 1.80 bits per heavy atom. The number of nitrogens with two attached hydrogens (primary N) is 1. The summed E-state index contributed by atoms with van der Waals surface area (Å²) in [7, 11) is 2.17. The Balaban J connectivity index is 1.62. The second-order valence-corrected chi connectivity index (χ2v) is 7.54. The second-order valence-electron chi connectivity index (χ2n) is 7.54. The molecule has 1 unspecified atom stereocenters. The third kappa shape index (κ3) is 1.80. The summed E-state index contributed by atoms with van der Waals surface area (Å²) >= 11 is 0. The van der Waals surface area contributed by atoms with Gasteiger partial charge in [-0.05, 0) is 63.2 Å². The highest BCUT2D eigenvalue weighted by molar-refractivity contribution is 5.34. The lowest BCUT2D eigenvalue weighted by molar-refractivity contribution is -0.00376. The van der Waals surface area contributed by atoms with Crippen LogP contribution in [0, 0.1) is 17.8 Å². The standard InChI is InChI=1S/C16H25N3O/c1-10(17)14-9-20-15(18-14)19(2)16-6-11-3-12(7-16)5-13(4-11)8-16/h9-13H,3-8,17H2,1-2H3. The molecule has 0 amide bonds. The van der Waals surface area contributed by atoms with Crippen LogP contribution in [0.1, 0.15) is 57.2 Å². The van der Waals surface area contributed by atoms with Crippen LogP contribution in [0.4, 0.5) is 6.01 Å². The molecule has 0 spiro atoms. The van der Waals surface area contributed by atoms with E-state index in [0.717, 1.165) is 29.5 Å². The maximum atomic E-state index is 5.89. The smallest absolute Gasteiger partial charge is 0.297 e. The van der Waals surface area contributed by atoms with Crippen molar-refractivity contribution in [1.82, 2.24) is 4.98 Å². The van der Waals surface area contributed by atoms with E-state index in [1.807, 2.05) is 6.92 Å². The summed E-state index contributed by atoms with van der Waals surface area (Å²) in [5.41, 5.74) is 7.05. The lowest BCUT2D eigenvalue weighted by atomic mass is 9.52. The van der Waals surface area contributed by atoms with Crippen molar-refractivity contribution in [2.45, 2.75) is 57.0 Å². The first-order valence-corrected chi connectivity index (χ1v) is 8.00. The van der Waals surface area contributed by atoms with Crippen LogP contribution in [0.2, 0.25) is 0 Å². The van der Waals surface area contributed by atoms with E-state index >= 15 is 0 Å². The Kier molecular flexibility index (Phi) is 2.69. The highest BCUT2D eigenvalue weighted by Crippen LogP contribution is 2.57. The third-order valence-electron chi connectivity index (χ3n) is 5.98. The molecule has 0 radical (unpaired) electrons. The largest absolute Gasteiger partial charge is 0.432 e. The van der Waals surface area contributed by atoms with Crippen LogP contribution in [0.25, 0.3) is 0 Å². The fourth-order valence-corrected chi connectivity index (χ4v) is 5.32. The van der Waals surface area contributed by atoms with E-state index in [-0.39, 0.29) is 6.04 Å². The van der Waals surface area contributed by atoms with E-state index in [9.17, 15) is 0 Å². The summed E-state index contributed by atoms with van der Waals surface area (Å²) in [4.78, 5) is 6.94. The molecule has 1 atom stereocenters. The molecular formula is C16H25N3O. The number of nitrogens with zero attached hydrogens (tertiary/aromatic N) is 2. The lowest BCUT2D eigenvalue weighted by Crippen LogP contribution is -2.59. The first kappa shape index (κ1) is 12.7. The Bertz CT molecular complexity index is 472. The molecule has 4 saturated carbocycles. The Morgan fingerprint density at radius 3 is 2.25 bits per heavy atom. The predicted octanol–water partition coefficient (Wildman–Crippen LogP) is 3.10. The quantitative estimate of drug-likeness (QED) is 0.921. The molecular weight excluding hydrogens is 250 g/mol. The minimum atomic E-state index is -0.0581. The molecule has 0 saturated heterocycles. The zero-order valence-electron chi connectivity index (χ0n) is 12.5. The van der Waals surface area contributed by atoms with Gasteiger partial charge in [0, 0.05) is 18.6 Å². The third-order valence-corrected chi connectivity index (χ3v) is 5.98. The molecule has 4 fully saturated rings. The van der Waals surface area contributed by atoms with Crippen LogP contribution in [0.5, 0.6) is 0 Å². The summed E-state index contributed by atoms with van der Waals surface area (Å²) in [6, 6.07) is 0.705. The molecule has 0 aliphatic heterocycles. The molecule has 4 nitrogen and oxygen atoms in total. The summed E-state index contributed by atoms with van der Waals surface area (Å²) in [6.07, 6.45) is 10.1. The van der Waals surface area contributed by atoms with Crippen molar-refractivity contribution < 1.29 is 4.42 Å². The van der Waals surface area contributed by atoms with Gasteiger partial charge in [-0.1, -0.05) is 0 Å².